The molecule has 3 rings (SSSR count). The molecule has 0 saturated carbocycles. The van der Waals surface area contributed by atoms with Crippen LogP contribution < -0.4 is 0 Å². The Kier molecular flexibility index (Phi) is 4.16. The van der Waals surface area contributed by atoms with Crippen molar-refractivity contribution in [3.63, 3.8) is 0 Å². The van der Waals surface area contributed by atoms with E-state index in [4.69, 9.17) is 0 Å². The molecule has 22 heavy (non-hydrogen) atoms. The molecule has 5 heteroatoms. The van der Waals surface area contributed by atoms with Crippen LogP contribution in [0.4, 0.5) is 0 Å². The van der Waals surface area contributed by atoms with Gasteiger partial charge in [-0.1, -0.05) is 17.7 Å². The monoisotopic (exact) mass is 301 g/mol. The van der Waals surface area contributed by atoms with Crippen molar-refractivity contribution in [2.45, 2.75) is 19.9 Å². The number of piperazine rings is 1. The predicted molar refractivity (Wildman–Crippen MR) is 84.7 cm³/mol. The Morgan fingerprint density at radius 3 is 2.09 bits per heavy atom. The van der Waals surface area contributed by atoms with E-state index in [9.17, 15) is 9.59 Å². The molecule has 2 heterocycles. The van der Waals surface area contributed by atoms with Gasteiger partial charge in [0.25, 0.3) is 5.91 Å². The highest BCUT2D eigenvalue weighted by Gasteiger charge is 2.36. The van der Waals surface area contributed by atoms with Crippen molar-refractivity contribution in [1.82, 2.24) is 14.7 Å². The molecule has 2 fully saturated rings. The van der Waals surface area contributed by atoms with E-state index in [0.717, 1.165) is 44.8 Å². The van der Waals surface area contributed by atoms with Crippen molar-refractivity contribution >= 4 is 11.8 Å². The van der Waals surface area contributed by atoms with Crippen molar-refractivity contribution in [2.24, 2.45) is 0 Å². The first kappa shape index (κ1) is 15.0. The van der Waals surface area contributed by atoms with Gasteiger partial charge in [0.05, 0.1) is 0 Å². The molecule has 0 atom stereocenters. The van der Waals surface area contributed by atoms with Crippen molar-refractivity contribution in [1.29, 1.82) is 0 Å². The summed E-state index contributed by atoms with van der Waals surface area (Å²) in [5.74, 6) is 0.281. The minimum absolute atomic E-state index is 0.124. The molecule has 0 bridgehead atoms. The maximum absolute atomic E-state index is 12.4. The second-order valence-corrected chi connectivity index (χ2v) is 6.27. The fraction of sp³-hybridized carbons (Fsp3) is 0.529. The Morgan fingerprint density at radius 2 is 1.55 bits per heavy atom. The topological polar surface area (TPSA) is 43.9 Å². The Balaban J connectivity index is 1.49. The number of hydrogen-bond donors (Lipinski definition) is 0. The van der Waals surface area contributed by atoms with Crippen LogP contribution in [0.2, 0.25) is 0 Å². The van der Waals surface area contributed by atoms with Gasteiger partial charge in [-0.05, 0) is 19.1 Å². The van der Waals surface area contributed by atoms with E-state index in [1.807, 2.05) is 41.0 Å². The van der Waals surface area contributed by atoms with Crippen LogP contribution in [0.25, 0.3) is 0 Å². The van der Waals surface area contributed by atoms with Crippen LogP contribution in [0.5, 0.6) is 0 Å². The molecule has 0 unspecified atom stereocenters. The summed E-state index contributed by atoms with van der Waals surface area (Å²) < 4.78 is 0. The molecular formula is C17H23N3O2. The molecular weight excluding hydrogens is 278 g/mol. The number of amides is 2. The second kappa shape index (κ2) is 6.08. The lowest BCUT2D eigenvalue weighted by atomic mass is 10.0. The summed E-state index contributed by atoms with van der Waals surface area (Å²) in [6.45, 7) is 8.68. The molecule has 2 aliphatic heterocycles. The van der Waals surface area contributed by atoms with E-state index in [1.165, 1.54) is 5.56 Å². The van der Waals surface area contributed by atoms with Crippen LogP contribution in [-0.2, 0) is 4.79 Å². The standard InChI is InChI=1S/C17H23N3O2/c1-13-3-5-15(6-4-13)17(22)20-11-16(12-20)19-9-7-18(8-10-19)14(2)21/h3-6,16H,7-12H2,1-2H3. The van der Waals surface area contributed by atoms with Gasteiger partial charge in [0.2, 0.25) is 5.91 Å². The maximum Gasteiger partial charge on any atom is 0.253 e. The molecule has 5 nitrogen and oxygen atoms in total. The first-order valence-electron chi connectivity index (χ1n) is 7.90. The second-order valence-electron chi connectivity index (χ2n) is 6.27. The van der Waals surface area contributed by atoms with Gasteiger partial charge in [0.1, 0.15) is 0 Å². The van der Waals surface area contributed by atoms with Crippen molar-refractivity contribution in [2.75, 3.05) is 39.3 Å². The van der Waals surface area contributed by atoms with Crippen LogP contribution in [0.1, 0.15) is 22.8 Å². The molecule has 2 saturated heterocycles. The quantitative estimate of drug-likeness (QED) is 0.818. The zero-order valence-electron chi connectivity index (χ0n) is 13.3. The first-order valence-corrected chi connectivity index (χ1v) is 7.90. The average molecular weight is 301 g/mol. The third-order valence-electron chi connectivity index (χ3n) is 4.72. The van der Waals surface area contributed by atoms with Crippen molar-refractivity contribution < 1.29 is 9.59 Å². The molecule has 118 valence electrons. The Hall–Kier alpha value is -1.88. The molecule has 2 aliphatic rings. The Morgan fingerprint density at radius 1 is 0.955 bits per heavy atom. The van der Waals surface area contributed by atoms with E-state index in [2.05, 4.69) is 4.90 Å². The van der Waals surface area contributed by atoms with Crippen molar-refractivity contribution in [3.05, 3.63) is 35.4 Å². The van der Waals surface area contributed by atoms with Crippen LogP contribution in [-0.4, -0.2) is 71.8 Å². The predicted octanol–water partition coefficient (Wildman–Crippen LogP) is 0.984. The Labute approximate surface area is 131 Å². The number of likely N-dealkylation sites (tertiary alicyclic amines) is 1. The van der Waals surface area contributed by atoms with E-state index < -0.39 is 0 Å². The molecule has 0 radical (unpaired) electrons. The fourth-order valence-corrected chi connectivity index (χ4v) is 3.13. The summed E-state index contributed by atoms with van der Waals surface area (Å²) in [6.07, 6.45) is 0. The minimum atomic E-state index is 0.124. The van der Waals surface area contributed by atoms with Crippen LogP contribution in [0.3, 0.4) is 0 Å². The SMILES string of the molecule is CC(=O)N1CCN(C2CN(C(=O)c3ccc(C)cc3)C2)CC1. The number of carbonyl (C=O) groups is 2. The highest BCUT2D eigenvalue weighted by molar-refractivity contribution is 5.94. The van der Waals surface area contributed by atoms with E-state index in [-0.39, 0.29) is 11.8 Å². The van der Waals surface area contributed by atoms with Gasteiger partial charge < -0.3 is 9.80 Å². The largest absolute Gasteiger partial charge is 0.340 e. The van der Waals surface area contributed by atoms with E-state index in [1.54, 1.807) is 6.92 Å². The third kappa shape index (κ3) is 2.99. The summed E-state index contributed by atoms with van der Waals surface area (Å²) in [4.78, 5) is 29.9. The lowest BCUT2D eigenvalue weighted by Crippen LogP contribution is -2.64. The number of carbonyl (C=O) groups excluding carboxylic acids is 2. The molecule has 0 spiro atoms. The molecule has 0 aliphatic carbocycles. The van der Waals surface area contributed by atoms with E-state index in [0.29, 0.717) is 6.04 Å². The van der Waals surface area contributed by atoms with Gasteiger partial charge in [0, 0.05) is 57.8 Å². The summed E-state index contributed by atoms with van der Waals surface area (Å²) in [7, 11) is 0. The number of nitrogens with zero attached hydrogens (tertiary/aromatic N) is 3. The van der Waals surface area contributed by atoms with Crippen LogP contribution >= 0.6 is 0 Å². The lowest BCUT2D eigenvalue weighted by molar-refractivity contribution is -0.131. The van der Waals surface area contributed by atoms with Gasteiger partial charge in [0.15, 0.2) is 0 Å². The van der Waals surface area contributed by atoms with Gasteiger partial charge >= 0.3 is 0 Å². The molecule has 0 aromatic heterocycles. The van der Waals surface area contributed by atoms with E-state index >= 15 is 0 Å². The highest BCUT2D eigenvalue weighted by Crippen LogP contribution is 2.19. The highest BCUT2D eigenvalue weighted by atomic mass is 16.2. The van der Waals surface area contributed by atoms with Crippen LogP contribution in [0, 0.1) is 6.92 Å². The summed E-state index contributed by atoms with van der Waals surface area (Å²) in [6, 6.07) is 8.20. The van der Waals surface area contributed by atoms with Gasteiger partial charge in [-0.2, -0.15) is 0 Å². The summed E-state index contributed by atoms with van der Waals surface area (Å²) in [5, 5.41) is 0. The number of aryl methyl sites for hydroxylation is 1. The molecule has 1 aromatic carbocycles. The smallest absolute Gasteiger partial charge is 0.253 e. The maximum atomic E-state index is 12.4. The van der Waals surface area contributed by atoms with Crippen LogP contribution in [0.15, 0.2) is 24.3 Å². The average Bonchev–Trinajstić information content (AvgIpc) is 2.47. The fourth-order valence-electron chi connectivity index (χ4n) is 3.13. The molecule has 2 amide bonds. The summed E-state index contributed by atoms with van der Waals surface area (Å²) in [5.41, 5.74) is 1.94. The number of rotatable bonds is 2. The van der Waals surface area contributed by atoms with Gasteiger partial charge in [-0.3, -0.25) is 14.5 Å². The first-order chi connectivity index (χ1) is 10.5. The Bertz CT molecular complexity index is 556. The summed E-state index contributed by atoms with van der Waals surface area (Å²) >= 11 is 0. The zero-order chi connectivity index (χ0) is 15.7. The van der Waals surface area contributed by atoms with Gasteiger partial charge in [-0.25, -0.2) is 0 Å². The number of hydrogen-bond acceptors (Lipinski definition) is 3. The van der Waals surface area contributed by atoms with Crippen molar-refractivity contribution in [3.8, 4) is 0 Å². The van der Waals surface area contributed by atoms with Gasteiger partial charge in [-0.15, -0.1) is 0 Å². The third-order valence-corrected chi connectivity index (χ3v) is 4.72. The zero-order valence-corrected chi connectivity index (χ0v) is 13.3. The molecule has 0 N–H and O–H groups in total. The minimum Gasteiger partial charge on any atom is -0.340 e. The normalized spacial score (nSPS) is 19.9. The lowest BCUT2D eigenvalue weighted by Gasteiger charge is -2.48. The molecule has 1 aromatic rings. The number of benzene rings is 1.